The third kappa shape index (κ3) is 2.78. The molecular weight excluding hydrogens is 214 g/mol. The van der Waals surface area contributed by atoms with Crippen LogP contribution in [0.5, 0.6) is 5.88 Å². The second-order valence-electron chi connectivity index (χ2n) is 2.70. The summed E-state index contributed by atoms with van der Waals surface area (Å²) in [5.41, 5.74) is 5.93. The van der Waals surface area contributed by atoms with Gasteiger partial charge in [-0.05, 0) is 19.1 Å². The number of hydrogen-bond acceptors (Lipinski definition) is 3. The average molecular weight is 223 g/mol. The molecule has 1 atom stereocenters. The summed E-state index contributed by atoms with van der Waals surface area (Å²) in [4.78, 5) is 3.62. The van der Waals surface area contributed by atoms with Crippen molar-refractivity contribution in [3.05, 3.63) is 22.8 Å². The highest BCUT2D eigenvalue weighted by Gasteiger charge is 2.14. The molecule has 14 heavy (non-hydrogen) atoms. The van der Waals surface area contributed by atoms with Crippen LogP contribution >= 0.6 is 11.6 Å². The lowest BCUT2D eigenvalue weighted by molar-refractivity contribution is -0.0536. The van der Waals surface area contributed by atoms with E-state index in [0.29, 0.717) is 5.56 Å². The molecule has 0 unspecified atom stereocenters. The Bertz CT molecular complexity index is 320. The summed E-state index contributed by atoms with van der Waals surface area (Å²) in [5, 5.41) is 0.0880. The molecule has 6 heteroatoms. The molecule has 0 saturated heterocycles. The molecule has 1 aromatic rings. The second-order valence-corrected chi connectivity index (χ2v) is 3.08. The number of alkyl halides is 2. The minimum Gasteiger partial charge on any atom is -0.417 e. The summed E-state index contributed by atoms with van der Waals surface area (Å²) < 4.78 is 28.1. The SMILES string of the molecule is C[C@H](N)c1ccc(Cl)nc1OC(F)F. The lowest BCUT2D eigenvalue weighted by atomic mass is 10.1. The Morgan fingerprint density at radius 2 is 2.14 bits per heavy atom. The van der Waals surface area contributed by atoms with E-state index in [9.17, 15) is 8.78 Å². The van der Waals surface area contributed by atoms with Crippen LogP contribution in [0.4, 0.5) is 8.78 Å². The van der Waals surface area contributed by atoms with E-state index in [4.69, 9.17) is 17.3 Å². The number of nitrogens with zero attached hydrogens (tertiary/aromatic N) is 1. The quantitative estimate of drug-likeness (QED) is 0.799. The van der Waals surface area contributed by atoms with Gasteiger partial charge < -0.3 is 10.5 Å². The minimum absolute atomic E-state index is 0.0880. The third-order valence-corrected chi connectivity index (χ3v) is 1.76. The maximum absolute atomic E-state index is 11.9. The summed E-state index contributed by atoms with van der Waals surface area (Å²) in [6.07, 6.45) is 0. The summed E-state index contributed by atoms with van der Waals surface area (Å²) >= 11 is 5.53. The normalized spacial score (nSPS) is 13.0. The van der Waals surface area contributed by atoms with Gasteiger partial charge in [0.15, 0.2) is 0 Å². The van der Waals surface area contributed by atoms with E-state index in [1.165, 1.54) is 12.1 Å². The molecule has 0 spiro atoms. The van der Waals surface area contributed by atoms with Crippen LogP contribution in [0, 0.1) is 0 Å². The number of hydrogen-bond donors (Lipinski definition) is 1. The molecule has 0 aliphatic rings. The van der Waals surface area contributed by atoms with E-state index in [2.05, 4.69) is 9.72 Å². The van der Waals surface area contributed by atoms with Gasteiger partial charge in [0.2, 0.25) is 5.88 Å². The fourth-order valence-electron chi connectivity index (χ4n) is 0.954. The van der Waals surface area contributed by atoms with Crippen molar-refractivity contribution in [3.63, 3.8) is 0 Å². The van der Waals surface area contributed by atoms with E-state index < -0.39 is 12.7 Å². The van der Waals surface area contributed by atoms with Gasteiger partial charge in [0, 0.05) is 11.6 Å². The molecule has 0 radical (unpaired) electrons. The Labute approximate surface area is 84.8 Å². The Balaban J connectivity index is 3.03. The second kappa shape index (κ2) is 4.52. The molecule has 0 bridgehead atoms. The molecule has 1 heterocycles. The fraction of sp³-hybridized carbons (Fsp3) is 0.375. The van der Waals surface area contributed by atoms with Gasteiger partial charge in [-0.25, -0.2) is 4.98 Å². The standard InChI is InChI=1S/C8H9ClF2N2O/c1-4(12)5-2-3-6(9)13-7(5)14-8(10)11/h2-4,8H,12H2,1H3/t4-/m0/s1. The van der Waals surface area contributed by atoms with Gasteiger partial charge in [0.25, 0.3) is 0 Å². The van der Waals surface area contributed by atoms with E-state index in [1.807, 2.05) is 0 Å². The van der Waals surface area contributed by atoms with Crippen LogP contribution in [0.1, 0.15) is 18.5 Å². The van der Waals surface area contributed by atoms with Crippen molar-refractivity contribution in [2.45, 2.75) is 19.6 Å². The van der Waals surface area contributed by atoms with Crippen molar-refractivity contribution in [1.82, 2.24) is 4.98 Å². The first kappa shape index (κ1) is 11.1. The first-order chi connectivity index (χ1) is 6.50. The van der Waals surface area contributed by atoms with Gasteiger partial charge in [-0.15, -0.1) is 0 Å². The molecule has 0 saturated carbocycles. The van der Waals surface area contributed by atoms with Crippen LogP contribution < -0.4 is 10.5 Å². The van der Waals surface area contributed by atoms with Crippen molar-refractivity contribution < 1.29 is 13.5 Å². The number of pyridine rings is 1. The molecular formula is C8H9ClF2N2O. The molecule has 1 rings (SSSR count). The van der Waals surface area contributed by atoms with E-state index in [0.717, 1.165) is 0 Å². The highest BCUT2D eigenvalue weighted by atomic mass is 35.5. The molecule has 1 aromatic heterocycles. The van der Waals surface area contributed by atoms with Crippen LogP contribution in [0.3, 0.4) is 0 Å². The molecule has 2 N–H and O–H groups in total. The summed E-state index contributed by atoms with van der Waals surface area (Å²) in [6, 6.07) is 2.55. The molecule has 78 valence electrons. The van der Waals surface area contributed by atoms with Crippen LogP contribution in [-0.4, -0.2) is 11.6 Å². The molecule has 0 aliphatic carbocycles. The predicted molar refractivity (Wildman–Crippen MR) is 48.5 cm³/mol. The number of rotatable bonds is 3. The van der Waals surface area contributed by atoms with Gasteiger partial charge in [0.05, 0.1) is 0 Å². The first-order valence-corrected chi connectivity index (χ1v) is 4.25. The van der Waals surface area contributed by atoms with E-state index >= 15 is 0 Å². The van der Waals surface area contributed by atoms with Crippen LogP contribution in [0.25, 0.3) is 0 Å². The average Bonchev–Trinajstić information content (AvgIpc) is 2.01. The smallest absolute Gasteiger partial charge is 0.388 e. The van der Waals surface area contributed by atoms with E-state index in [-0.39, 0.29) is 11.0 Å². The highest BCUT2D eigenvalue weighted by molar-refractivity contribution is 6.29. The predicted octanol–water partition coefficient (Wildman–Crippen LogP) is 2.36. The Morgan fingerprint density at radius 1 is 1.50 bits per heavy atom. The molecule has 0 fully saturated rings. The number of aromatic nitrogens is 1. The topological polar surface area (TPSA) is 48.1 Å². The van der Waals surface area contributed by atoms with Gasteiger partial charge in [-0.2, -0.15) is 8.78 Å². The third-order valence-electron chi connectivity index (χ3n) is 1.55. The lowest BCUT2D eigenvalue weighted by Gasteiger charge is -2.11. The molecule has 0 amide bonds. The molecule has 0 aromatic carbocycles. The summed E-state index contributed by atoms with van der Waals surface area (Å²) in [5.74, 6) is -0.220. The number of nitrogens with two attached hydrogens (primary N) is 1. The maximum Gasteiger partial charge on any atom is 0.388 e. The zero-order valence-corrected chi connectivity index (χ0v) is 8.13. The minimum atomic E-state index is -2.93. The Hall–Kier alpha value is -0.940. The van der Waals surface area contributed by atoms with Crippen LogP contribution in [0.15, 0.2) is 12.1 Å². The van der Waals surface area contributed by atoms with Crippen LogP contribution in [0.2, 0.25) is 5.15 Å². The van der Waals surface area contributed by atoms with Gasteiger partial charge in [-0.3, -0.25) is 0 Å². The lowest BCUT2D eigenvalue weighted by Crippen LogP contribution is -2.11. The number of halogens is 3. The van der Waals surface area contributed by atoms with Crippen molar-refractivity contribution in [2.75, 3.05) is 0 Å². The zero-order chi connectivity index (χ0) is 10.7. The van der Waals surface area contributed by atoms with Crippen molar-refractivity contribution in [1.29, 1.82) is 0 Å². The Kier molecular flexibility index (Phi) is 3.60. The highest BCUT2D eigenvalue weighted by Crippen LogP contribution is 2.24. The fourth-order valence-corrected chi connectivity index (χ4v) is 1.09. The summed E-state index contributed by atoms with van der Waals surface area (Å²) in [7, 11) is 0. The van der Waals surface area contributed by atoms with Crippen molar-refractivity contribution in [2.24, 2.45) is 5.73 Å². The Morgan fingerprint density at radius 3 is 2.64 bits per heavy atom. The van der Waals surface area contributed by atoms with Crippen molar-refractivity contribution >= 4 is 11.6 Å². The molecule has 0 aliphatic heterocycles. The van der Waals surface area contributed by atoms with Gasteiger partial charge in [-0.1, -0.05) is 11.6 Å². The zero-order valence-electron chi connectivity index (χ0n) is 7.38. The first-order valence-electron chi connectivity index (χ1n) is 3.87. The van der Waals surface area contributed by atoms with Crippen LogP contribution in [-0.2, 0) is 0 Å². The van der Waals surface area contributed by atoms with E-state index in [1.54, 1.807) is 6.92 Å². The summed E-state index contributed by atoms with van der Waals surface area (Å²) in [6.45, 7) is -1.29. The van der Waals surface area contributed by atoms with Crippen molar-refractivity contribution in [3.8, 4) is 5.88 Å². The number of ether oxygens (including phenoxy) is 1. The van der Waals surface area contributed by atoms with Gasteiger partial charge >= 0.3 is 6.61 Å². The van der Waals surface area contributed by atoms with Gasteiger partial charge in [0.1, 0.15) is 5.15 Å². The maximum atomic E-state index is 11.9. The monoisotopic (exact) mass is 222 g/mol. The molecule has 3 nitrogen and oxygen atoms in total. The largest absolute Gasteiger partial charge is 0.417 e.